The first-order valence-electron chi connectivity index (χ1n) is 6.27. The van der Waals surface area contributed by atoms with E-state index in [1.807, 2.05) is 32.9 Å². The van der Waals surface area contributed by atoms with Gasteiger partial charge in [-0.25, -0.2) is 0 Å². The highest BCUT2D eigenvalue weighted by Gasteiger charge is 1.86. The van der Waals surface area contributed by atoms with E-state index < -0.39 is 0 Å². The zero-order chi connectivity index (χ0) is 12.9. The van der Waals surface area contributed by atoms with E-state index in [0.717, 1.165) is 6.42 Å². The number of pyridine rings is 1. The summed E-state index contributed by atoms with van der Waals surface area (Å²) in [7, 11) is 0. The molecule has 0 fully saturated rings. The maximum atomic E-state index is 3.98. The molecule has 0 radical (unpaired) electrons. The van der Waals surface area contributed by atoms with Crippen molar-refractivity contribution in [3.63, 3.8) is 0 Å². The third-order valence-corrected chi connectivity index (χ3v) is 1.97. The summed E-state index contributed by atoms with van der Waals surface area (Å²) in [6, 6.07) is 3.99. The molecule has 92 valence electrons. The van der Waals surface area contributed by atoms with E-state index in [0.29, 0.717) is 0 Å². The standard InChI is InChI=1S/C14H17N.C2H6/c1-3-5-13(6-4-2)7-8-14-9-11-15-12-10-14;1-2/h3,5-12H,4H2,1-2H3;1-2H3/b5-3-,8-7+,13-6+;. The molecule has 0 aromatic carbocycles. The number of hydrogen-bond donors (Lipinski definition) is 0. The molecule has 0 unspecified atom stereocenters. The molecule has 1 heteroatoms. The number of aromatic nitrogens is 1. The molecule has 1 heterocycles. The van der Waals surface area contributed by atoms with Crippen molar-refractivity contribution in [1.29, 1.82) is 0 Å². The Balaban J connectivity index is 0.00000121. The highest BCUT2D eigenvalue weighted by Crippen LogP contribution is 2.06. The van der Waals surface area contributed by atoms with Gasteiger partial charge in [-0.05, 0) is 36.6 Å². The van der Waals surface area contributed by atoms with E-state index in [-0.39, 0.29) is 0 Å². The summed E-state index contributed by atoms with van der Waals surface area (Å²) < 4.78 is 0. The van der Waals surface area contributed by atoms with Gasteiger partial charge in [-0.15, -0.1) is 0 Å². The van der Waals surface area contributed by atoms with E-state index in [2.05, 4.69) is 42.3 Å². The second-order valence-electron chi connectivity index (χ2n) is 3.23. The molecule has 0 aliphatic rings. The van der Waals surface area contributed by atoms with Crippen LogP contribution in [-0.2, 0) is 0 Å². The molecular weight excluding hydrogens is 206 g/mol. The second kappa shape index (κ2) is 10.9. The van der Waals surface area contributed by atoms with Gasteiger partial charge < -0.3 is 0 Å². The van der Waals surface area contributed by atoms with Crippen LogP contribution in [0.2, 0.25) is 0 Å². The molecule has 0 aliphatic heterocycles. The third-order valence-electron chi connectivity index (χ3n) is 1.97. The van der Waals surface area contributed by atoms with E-state index >= 15 is 0 Å². The summed E-state index contributed by atoms with van der Waals surface area (Å²) in [6.45, 7) is 8.17. The Bertz CT molecular complexity index is 358. The Morgan fingerprint density at radius 3 is 2.35 bits per heavy atom. The smallest absolute Gasteiger partial charge is 0.0273 e. The number of allylic oxidation sites excluding steroid dienone is 5. The number of nitrogens with zero attached hydrogens (tertiary/aromatic N) is 1. The lowest BCUT2D eigenvalue weighted by molar-refractivity contribution is 1.21. The van der Waals surface area contributed by atoms with Gasteiger partial charge in [-0.3, -0.25) is 4.98 Å². The molecule has 0 saturated heterocycles. The fourth-order valence-electron chi connectivity index (χ4n) is 1.29. The van der Waals surface area contributed by atoms with Gasteiger partial charge in [0.05, 0.1) is 0 Å². The minimum atomic E-state index is 1.06. The molecule has 1 aromatic rings. The first-order valence-corrected chi connectivity index (χ1v) is 6.27. The zero-order valence-electron chi connectivity index (χ0n) is 11.4. The van der Waals surface area contributed by atoms with Gasteiger partial charge in [0.25, 0.3) is 0 Å². The fraction of sp³-hybridized carbons (Fsp3) is 0.312. The molecule has 0 bridgehead atoms. The third kappa shape index (κ3) is 7.29. The lowest BCUT2D eigenvalue weighted by Gasteiger charge is -1.94. The van der Waals surface area contributed by atoms with Crippen molar-refractivity contribution in [2.75, 3.05) is 0 Å². The quantitative estimate of drug-likeness (QED) is 0.660. The van der Waals surface area contributed by atoms with Crippen LogP contribution in [0, 0.1) is 0 Å². The second-order valence-corrected chi connectivity index (χ2v) is 3.23. The minimum absolute atomic E-state index is 1.06. The van der Waals surface area contributed by atoms with Crippen LogP contribution in [0.5, 0.6) is 0 Å². The van der Waals surface area contributed by atoms with Crippen molar-refractivity contribution >= 4 is 6.08 Å². The maximum absolute atomic E-state index is 3.98. The summed E-state index contributed by atoms with van der Waals surface area (Å²) in [5.74, 6) is 0. The topological polar surface area (TPSA) is 12.9 Å². The SMILES string of the molecule is CC.C\C=C/C(/C=C/c1ccncc1)=C\CC. The number of rotatable bonds is 4. The first-order chi connectivity index (χ1) is 8.36. The minimum Gasteiger partial charge on any atom is -0.265 e. The molecule has 1 aromatic heterocycles. The van der Waals surface area contributed by atoms with Crippen LogP contribution in [0.4, 0.5) is 0 Å². The summed E-state index contributed by atoms with van der Waals surface area (Å²) in [5.41, 5.74) is 2.42. The molecule has 17 heavy (non-hydrogen) atoms. The van der Waals surface area contributed by atoms with Crippen molar-refractivity contribution in [2.45, 2.75) is 34.1 Å². The Labute approximate surface area is 106 Å². The highest BCUT2D eigenvalue weighted by molar-refractivity contribution is 5.53. The molecule has 0 aliphatic carbocycles. The first kappa shape index (κ1) is 15.4. The van der Waals surface area contributed by atoms with Gasteiger partial charge in [0.15, 0.2) is 0 Å². The predicted octanol–water partition coefficient (Wildman–Crippen LogP) is 5.03. The average molecular weight is 229 g/mol. The highest BCUT2D eigenvalue weighted by atomic mass is 14.6. The van der Waals surface area contributed by atoms with Gasteiger partial charge in [0.2, 0.25) is 0 Å². The molecular formula is C16H23N. The number of hydrogen-bond acceptors (Lipinski definition) is 1. The van der Waals surface area contributed by atoms with Gasteiger partial charge >= 0.3 is 0 Å². The van der Waals surface area contributed by atoms with Crippen LogP contribution in [0.25, 0.3) is 6.08 Å². The zero-order valence-corrected chi connectivity index (χ0v) is 11.4. The van der Waals surface area contributed by atoms with E-state index in [4.69, 9.17) is 0 Å². The predicted molar refractivity (Wildman–Crippen MR) is 77.8 cm³/mol. The average Bonchev–Trinajstić information content (AvgIpc) is 2.40. The van der Waals surface area contributed by atoms with Gasteiger partial charge in [0.1, 0.15) is 0 Å². The molecule has 0 N–H and O–H groups in total. The van der Waals surface area contributed by atoms with Gasteiger partial charge in [-0.1, -0.05) is 51.2 Å². The summed E-state index contributed by atoms with van der Waals surface area (Å²) in [4.78, 5) is 3.98. The Hall–Kier alpha value is -1.63. The molecule has 0 spiro atoms. The molecule has 1 nitrogen and oxygen atoms in total. The molecule has 0 saturated carbocycles. The van der Waals surface area contributed by atoms with E-state index in [9.17, 15) is 0 Å². The van der Waals surface area contributed by atoms with Crippen LogP contribution in [0.15, 0.2) is 54.4 Å². The van der Waals surface area contributed by atoms with E-state index in [1.54, 1.807) is 12.4 Å². The van der Waals surface area contributed by atoms with Crippen LogP contribution in [0.3, 0.4) is 0 Å². The Kier molecular flexibility index (Phi) is 9.83. The van der Waals surface area contributed by atoms with Crippen LogP contribution >= 0.6 is 0 Å². The molecule has 1 rings (SSSR count). The summed E-state index contributed by atoms with van der Waals surface area (Å²) in [6.07, 6.45) is 15.3. The largest absolute Gasteiger partial charge is 0.265 e. The van der Waals surface area contributed by atoms with Crippen molar-refractivity contribution < 1.29 is 0 Å². The normalized spacial score (nSPS) is 11.6. The Morgan fingerprint density at radius 2 is 1.82 bits per heavy atom. The lowest BCUT2D eigenvalue weighted by Crippen LogP contribution is -1.74. The Morgan fingerprint density at radius 1 is 1.18 bits per heavy atom. The summed E-state index contributed by atoms with van der Waals surface area (Å²) >= 11 is 0. The monoisotopic (exact) mass is 229 g/mol. The van der Waals surface area contributed by atoms with Crippen LogP contribution in [-0.4, -0.2) is 4.98 Å². The molecule has 0 atom stereocenters. The maximum Gasteiger partial charge on any atom is 0.0273 e. The van der Waals surface area contributed by atoms with Crippen LogP contribution < -0.4 is 0 Å². The van der Waals surface area contributed by atoms with Crippen molar-refractivity contribution in [3.05, 3.63) is 60.0 Å². The lowest BCUT2D eigenvalue weighted by atomic mass is 10.1. The van der Waals surface area contributed by atoms with Gasteiger partial charge in [0, 0.05) is 12.4 Å². The van der Waals surface area contributed by atoms with Crippen LogP contribution in [0.1, 0.15) is 39.7 Å². The fourth-order valence-corrected chi connectivity index (χ4v) is 1.29. The van der Waals surface area contributed by atoms with Crippen molar-refractivity contribution in [2.24, 2.45) is 0 Å². The van der Waals surface area contributed by atoms with Crippen molar-refractivity contribution in [1.82, 2.24) is 4.98 Å². The van der Waals surface area contributed by atoms with Gasteiger partial charge in [-0.2, -0.15) is 0 Å². The molecule has 0 amide bonds. The van der Waals surface area contributed by atoms with E-state index in [1.165, 1.54) is 11.1 Å². The summed E-state index contributed by atoms with van der Waals surface area (Å²) in [5, 5.41) is 0. The van der Waals surface area contributed by atoms with Crippen molar-refractivity contribution in [3.8, 4) is 0 Å².